The second kappa shape index (κ2) is 3.99. The standard InChI is InChI=1S/C14H18F3NO3S/c15-14(16,17)22(20,21)18-11(19)7-12-3-9-1-8-2-10(6-12)13(12,4-8)5-9/h8-10H,1-7H2,(H,18,19). The number of hydrogen-bond acceptors (Lipinski definition) is 3. The minimum Gasteiger partial charge on any atom is -0.274 e. The minimum absolute atomic E-state index is 0.0813. The number of fused-ring (bicyclic) bond motifs is 2. The number of amides is 1. The smallest absolute Gasteiger partial charge is 0.274 e. The Bertz CT molecular complexity index is 640. The highest BCUT2D eigenvalue weighted by Gasteiger charge is 2.74. The second-order valence-electron chi connectivity index (χ2n) is 7.80. The van der Waals surface area contributed by atoms with E-state index in [1.807, 2.05) is 0 Å². The van der Waals surface area contributed by atoms with Gasteiger partial charge in [0.25, 0.3) is 0 Å². The van der Waals surface area contributed by atoms with Crippen molar-refractivity contribution in [3.63, 3.8) is 0 Å². The summed E-state index contributed by atoms with van der Waals surface area (Å²) in [6, 6.07) is 0. The molecule has 4 aliphatic rings. The Hall–Kier alpha value is -0.790. The molecule has 0 aliphatic heterocycles. The van der Waals surface area contributed by atoms with Crippen LogP contribution >= 0.6 is 0 Å². The molecule has 1 amide bonds. The molecule has 124 valence electrons. The van der Waals surface area contributed by atoms with E-state index in [1.54, 1.807) is 0 Å². The van der Waals surface area contributed by atoms with Crippen molar-refractivity contribution in [2.45, 2.75) is 50.5 Å². The van der Waals surface area contributed by atoms with E-state index < -0.39 is 21.4 Å². The van der Waals surface area contributed by atoms with Crippen molar-refractivity contribution in [2.24, 2.45) is 28.6 Å². The average molecular weight is 337 g/mol. The molecule has 4 saturated carbocycles. The van der Waals surface area contributed by atoms with Crippen LogP contribution in [0.2, 0.25) is 0 Å². The van der Waals surface area contributed by atoms with Gasteiger partial charge in [-0.15, -0.1) is 0 Å². The summed E-state index contributed by atoms with van der Waals surface area (Å²) >= 11 is 0. The van der Waals surface area contributed by atoms with E-state index in [2.05, 4.69) is 0 Å². The summed E-state index contributed by atoms with van der Waals surface area (Å²) < 4.78 is 60.5. The lowest BCUT2D eigenvalue weighted by Crippen LogP contribution is -2.54. The zero-order valence-corrected chi connectivity index (χ0v) is 12.8. The fraction of sp³-hybridized carbons (Fsp3) is 0.929. The van der Waals surface area contributed by atoms with Crippen LogP contribution in [0.1, 0.15) is 44.9 Å². The number of halogens is 3. The van der Waals surface area contributed by atoms with Gasteiger partial charge < -0.3 is 0 Å². The molecule has 8 heteroatoms. The Morgan fingerprint density at radius 1 is 1.09 bits per heavy atom. The average Bonchev–Trinajstić information content (AvgIpc) is 2.64. The molecule has 1 spiro atoms. The summed E-state index contributed by atoms with van der Waals surface area (Å²) in [5.74, 6) is 0.867. The van der Waals surface area contributed by atoms with Crippen LogP contribution in [-0.4, -0.2) is 19.8 Å². The molecular weight excluding hydrogens is 319 g/mol. The largest absolute Gasteiger partial charge is 0.516 e. The van der Waals surface area contributed by atoms with Crippen LogP contribution in [0.25, 0.3) is 0 Å². The highest BCUT2D eigenvalue weighted by atomic mass is 32.2. The lowest BCUT2D eigenvalue weighted by molar-refractivity contribution is -0.139. The number of nitrogens with one attached hydrogen (secondary N) is 1. The zero-order chi connectivity index (χ0) is 16.0. The number of carbonyl (C=O) groups is 1. The normalized spacial score (nSPS) is 45.5. The van der Waals surface area contributed by atoms with Crippen molar-refractivity contribution < 1.29 is 26.4 Å². The van der Waals surface area contributed by atoms with Crippen molar-refractivity contribution in [2.75, 3.05) is 0 Å². The first-order valence-electron chi connectivity index (χ1n) is 7.69. The number of alkyl halides is 3. The molecule has 0 saturated heterocycles. The quantitative estimate of drug-likeness (QED) is 0.861. The SMILES string of the molecule is O=C(CC12CC3CC4CC(C1)C2(C4)C3)NS(=O)(=O)C(F)(F)F. The summed E-state index contributed by atoms with van der Waals surface area (Å²) in [7, 11) is -5.59. The van der Waals surface area contributed by atoms with Crippen LogP contribution in [0.15, 0.2) is 0 Å². The van der Waals surface area contributed by atoms with Gasteiger partial charge in [-0.25, -0.2) is 4.72 Å². The maximum Gasteiger partial charge on any atom is 0.516 e. The van der Waals surface area contributed by atoms with E-state index in [0.29, 0.717) is 17.8 Å². The van der Waals surface area contributed by atoms with Gasteiger partial charge in [-0.05, 0) is 67.1 Å². The molecule has 4 fully saturated rings. The van der Waals surface area contributed by atoms with E-state index >= 15 is 0 Å². The molecule has 4 aliphatic carbocycles. The van der Waals surface area contributed by atoms with Crippen LogP contribution in [0.5, 0.6) is 0 Å². The second-order valence-corrected chi connectivity index (χ2v) is 9.48. The first-order chi connectivity index (χ1) is 10.1. The van der Waals surface area contributed by atoms with Crippen LogP contribution in [0.3, 0.4) is 0 Å². The molecule has 4 rings (SSSR count). The van der Waals surface area contributed by atoms with Crippen molar-refractivity contribution in [1.29, 1.82) is 0 Å². The molecule has 0 radical (unpaired) electrons. The van der Waals surface area contributed by atoms with Gasteiger partial charge in [0.2, 0.25) is 5.91 Å². The lowest BCUT2D eigenvalue weighted by Gasteiger charge is -2.59. The third-order valence-corrected chi connectivity index (χ3v) is 7.90. The predicted octanol–water partition coefficient (Wildman–Crippen LogP) is 2.56. The monoisotopic (exact) mass is 337 g/mol. The first kappa shape index (κ1) is 14.8. The molecule has 5 atom stereocenters. The highest BCUT2D eigenvalue weighted by molar-refractivity contribution is 7.90. The van der Waals surface area contributed by atoms with E-state index in [1.165, 1.54) is 17.6 Å². The lowest BCUT2D eigenvalue weighted by atomic mass is 9.45. The highest BCUT2D eigenvalue weighted by Crippen LogP contribution is 2.82. The van der Waals surface area contributed by atoms with Gasteiger partial charge in [0, 0.05) is 6.42 Å². The van der Waals surface area contributed by atoms with Crippen molar-refractivity contribution in [3.8, 4) is 0 Å². The number of rotatable bonds is 3. The minimum atomic E-state index is -5.59. The summed E-state index contributed by atoms with van der Waals surface area (Å²) in [6.07, 6.45) is 6.17. The van der Waals surface area contributed by atoms with Crippen molar-refractivity contribution >= 4 is 15.9 Å². The topological polar surface area (TPSA) is 63.2 Å². The Balaban J connectivity index is 1.52. The van der Waals surface area contributed by atoms with Crippen molar-refractivity contribution in [3.05, 3.63) is 0 Å². The molecule has 1 N–H and O–H groups in total. The molecule has 0 heterocycles. The molecule has 3 bridgehead atoms. The van der Waals surface area contributed by atoms with Gasteiger partial charge in [0.15, 0.2) is 0 Å². The molecule has 22 heavy (non-hydrogen) atoms. The fourth-order valence-electron chi connectivity index (χ4n) is 6.45. The molecule has 0 aromatic rings. The van der Waals surface area contributed by atoms with Gasteiger partial charge >= 0.3 is 15.5 Å². The van der Waals surface area contributed by atoms with Gasteiger partial charge in [-0.3, -0.25) is 4.79 Å². The summed E-state index contributed by atoms with van der Waals surface area (Å²) in [5, 5.41) is 0. The summed E-state index contributed by atoms with van der Waals surface area (Å²) in [6.45, 7) is 0. The predicted molar refractivity (Wildman–Crippen MR) is 70.8 cm³/mol. The van der Waals surface area contributed by atoms with Gasteiger partial charge in [-0.1, -0.05) is 0 Å². The summed E-state index contributed by atoms with van der Waals surface area (Å²) in [5.41, 5.74) is -5.58. The van der Waals surface area contributed by atoms with Crippen molar-refractivity contribution in [1.82, 2.24) is 4.72 Å². The van der Waals surface area contributed by atoms with E-state index in [0.717, 1.165) is 25.7 Å². The molecule has 0 aromatic carbocycles. The molecule has 4 nitrogen and oxygen atoms in total. The molecule has 0 aromatic heterocycles. The Morgan fingerprint density at radius 3 is 2.45 bits per heavy atom. The Kier molecular flexibility index (Phi) is 2.68. The maximum absolute atomic E-state index is 12.4. The Morgan fingerprint density at radius 2 is 1.77 bits per heavy atom. The first-order valence-corrected chi connectivity index (χ1v) is 9.17. The van der Waals surface area contributed by atoms with Crippen LogP contribution < -0.4 is 4.72 Å². The van der Waals surface area contributed by atoms with E-state index in [9.17, 15) is 26.4 Å². The number of carbonyl (C=O) groups excluding carboxylic acids is 1. The molecular formula is C14H18F3NO3S. The third kappa shape index (κ3) is 1.70. The Labute approximate surface area is 126 Å². The third-order valence-electron chi connectivity index (χ3n) is 6.80. The van der Waals surface area contributed by atoms with E-state index in [-0.39, 0.29) is 17.3 Å². The number of hydrogen-bond donors (Lipinski definition) is 1. The van der Waals surface area contributed by atoms with Crippen LogP contribution in [0, 0.1) is 28.6 Å². The van der Waals surface area contributed by atoms with Gasteiger partial charge in [0.1, 0.15) is 0 Å². The van der Waals surface area contributed by atoms with Gasteiger partial charge in [-0.2, -0.15) is 21.6 Å². The van der Waals surface area contributed by atoms with E-state index in [4.69, 9.17) is 0 Å². The fourth-order valence-corrected chi connectivity index (χ4v) is 6.93. The van der Waals surface area contributed by atoms with Crippen LogP contribution in [-0.2, 0) is 14.8 Å². The maximum atomic E-state index is 12.4. The summed E-state index contributed by atoms with van der Waals surface area (Å²) in [4.78, 5) is 12.0. The number of sulfonamides is 1. The zero-order valence-electron chi connectivity index (χ0n) is 11.9. The van der Waals surface area contributed by atoms with Gasteiger partial charge in [0.05, 0.1) is 0 Å². The van der Waals surface area contributed by atoms with Crippen LogP contribution in [0.4, 0.5) is 13.2 Å². The molecule has 5 unspecified atom stereocenters.